The van der Waals surface area contributed by atoms with Crippen LogP contribution in [0.15, 0.2) is 54.6 Å². The van der Waals surface area contributed by atoms with Crippen LogP contribution in [-0.2, 0) is 20.8 Å². The third-order valence-electron chi connectivity index (χ3n) is 8.75. The minimum absolute atomic E-state index is 0.130. The number of carbonyl (C=O) groups is 2. The van der Waals surface area contributed by atoms with Crippen molar-refractivity contribution in [2.45, 2.75) is 106 Å². The van der Waals surface area contributed by atoms with Crippen molar-refractivity contribution in [2.75, 3.05) is 18.0 Å². The van der Waals surface area contributed by atoms with Crippen LogP contribution in [0, 0.1) is 19.3 Å². The number of anilines is 1. The Balaban J connectivity index is 1.81. The van der Waals surface area contributed by atoms with Crippen LogP contribution >= 0.6 is 0 Å². The molecule has 1 N–H and O–H groups in total. The highest BCUT2D eigenvalue weighted by Gasteiger charge is 2.38. The molecule has 4 rings (SSSR count). The first-order chi connectivity index (χ1) is 21.2. The first-order valence-electron chi connectivity index (χ1n) is 16.3. The lowest BCUT2D eigenvalue weighted by atomic mass is 9.77. The summed E-state index contributed by atoms with van der Waals surface area (Å²) in [7, 11) is 0. The zero-order chi connectivity index (χ0) is 32.9. The van der Waals surface area contributed by atoms with Gasteiger partial charge < -0.3 is 19.7 Å². The fourth-order valence-corrected chi connectivity index (χ4v) is 6.00. The van der Waals surface area contributed by atoms with Gasteiger partial charge in [0.2, 0.25) is 0 Å². The zero-order valence-electron chi connectivity index (χ0n) is 28.6. The molecule has 1 aliphatic rings. The van der Waals surface area contributed by atoms with Crippen LogP contribution in [0.25, 0.3) is 11.1 Å². The lowest BCUT2D eigenvalue weighted by Crippen LogP contribution is -2.40. The summed E-state index contributed by atoms with van der Waals surface area (Å²) in [6.45, 7) is 20.3. The second-order valence-corrected chi connectivity index (χ2v) is 13.9. The number of nitrogens with one attached hydrogen (secondary N) is 1. The smallest absolute Gasteiger partial charge is 0.340 e. The quantitative estimate of drug-likeness (QED) is 0.233. The van der Waals surface area contributed by atoms with Crippen LogP contribution in [0.1, 0.15) is 107 Å². The molecule has 2 heterocycles. The van der Waals surface area contributed by atoms with Gasteiger partial charge in [0.25, 0.3) is 5.91 Å². The number of piperidine rings is 1. The summed E-state index contributed by atoms with van der Waals surface area (Å²) in [6.07, 6.45) is 1.98. The standard InChI is InChI=1S/C38H51N3O4/c1-10-38(9)20-22-41(23-21-38)33-31(29-16-18-30(19-17-29)35(42)39-24-28-14-12-11-13-15-28)26(4)40-27(5)32(33)34(45-37(6,7)8)36(43)44-25(2)3/h11-19,25,34H,10,20-24H2,1-9H3,(H,39,42). The van der Waals surface area contributed by atoms with Crippen molar-refractivity contribution in [2.24, 2.45) is 5.41 Å². The van der Waals surface area contributed by atoms with E-state index in [1.165, 1.54) is 0 Å². The van der Waals surface area contributed by atoms with Gasteiger partial charge in [-0.25, -0.2) is 4.79 Å². The van der Waals surface area contributed by atoms with Gasteiger partial charge in [-0.05, 0) is 90.0 Å². The predicted molar refractivity (Wildman–Crippen MR) is 181 cm³/mol. The van der Waals surface area contributed by atoms with Crippen molar-refractivity contribution in [3.05, 3.63) is 82.7 Å². The molecule has 1 atom stereocenters. The van der Waals surface area contributed by atoms with E-state index in [0.717, 1.165) is 71.7 Å². The van der Waals surface area contributed by atoms with Gasteiger partial charge in [0.15, 0.2) is 6.10 Å². The van der Waals surface area contributed by atoms with Gasteiger partial charge in [0, 0.05) is 47.7 Å². The molecule has 7 heteroatoms. The summed E-state index contributed by atoms with van der Waals surface area (Å²) in [5.74, 6) is -0.545. The third-order valence-corrected chi connectivity index (χ3v) is 8.75. The minimum atomic E-state index is -0.947. The number of hydrogen-bond donors (Lipinski definition) is 1. The third kappa shape index (κ3) is 8.51. The highest BCUT2D eigenvalue weighted by molar-refractivity contribution is 5.95. The SMILES string of the molecule is CCC1(C)CCN(c2c(-c3ccc(C(=O)NCc4ccccc4)cc3)c(C)nc(C)c2C(OC(C)(C)C)C(=O)OC(C)C)CC1. The number of esters is 1. The van der Waals surface area contributed by atoms with Gasteiger partial charge in [-0.3, -0.25) is 9.78 Å². The summed E-state index contributed by atoms with van der Waals surface area (Å²) in [4.78, 5) is 34.2. The molecule has 0 aliphatic carbocycles. The Kier molecular flexibility index (Phi) is 10.7. The number of carbonyl (C=O) groups excluding carboxylic acids is 2. The van der Waals surface area contributed by atoms with Gasteiger partial charge in [-0.1, -0.05) is 62.7 Å². The molecule has 1 saturated heterocycles. The van der Waals surface area contributed by atoms with Crippen molar-refractivity contribution >= 4 is 17.6 Å². The Morgan fingerprint density at radius 3 is 2.16 bits per heavy atom. The predicted octanol–water partition coefficient (Wildman–Crippen LogP) is 8.12. The maximum Gasteiger partial charge on any atom is 0.340 e. The highest BCUT2D eigenvalue weighted by atomic mass is 16.6. The molecule has 7 nitrogen and oxygen atoms in total. The number of hydrogen-bond acceptors (Lipinski definition) is 6. The molecular formula is C38H51N3O4. The van der Waals surface area contributed by atoms with Gasteiger partial charge in [0.05, 0.1) is 17.4 Å². The van der Waals surface area contributed by atoms with Gasteiger partial charge in [-0.15, -0.1) is 0 Å². The van der Waals surface area contributed by atoms with Crippen molar-refractivity contribution in [3.8, 4) is 11.1 Å². The van der Waals surface area contributed by atoms with Gasteiger partial charge >= 0.3 is 5.97 Å². The second kappa shape index (κ2) is 14.2. The van der Waals surface area contributed by atoms with Crippen molar-refractivity contribution in [3.63, 3.8) is 0 Å². The Bertz CT molecular complexity index is 1470. The van der Waals surface area contributed by atoms with Gasteiger partial charge in [-0.2, -0.15) is 0 Å². The number of amides is 1. The Labute approximate surface area is 269 Å². The van der Waals surface area contributed by atoms with Crippen LogP contribution < -0.4 is 10.2 Å². The fraction of sp³-hybridized carbons (Fsp3) is 0.500. The van der Waals surface area contributed by atoms with Crippen LogP contribution in [0.2, 0.25) is 0 Å². The van der Waals surface area contributed by atoms with Crippen molar-refractivity contribution in [1.82, 2.24) is 10.3 Å². The Hall–Kier alpha value is -3.71. The molecule has 1 fully saturated rings. The highest BCUT2D eigenvalue weighted by Crippen LogP contribution is 2.45. The summed E-state index contributed by atoms with van der Waals surface area (Å²) in [6, 6.07) is 17.6. The van der Waals surface area contributed by atoms with Gasteiger partial charge in [0.1, 0.15) is 0 Å². The molecule has 2 aromatic carbocycles. The molecule has 0 bridgehead atoms. The molecular weight excluding hydrogens is 562 g/mol. The van der Waals surface area contributed by atoms with E-state index in [9.17, 15) is 9.59 Å². The normalized spacial score (nSPS) is 15.6. The maximum atomic E-state index is 13.7. The van der Waals surface area contributed by atoms with E-state index in [0.29, 0.717) is 12.1 Å². The first kappa shape index (κ1) is 34.2. The second-order valence-electron chi connectivity index (χ2n) is 13.9. The topological polar surface area (TPSA) is 80.8 Å². The summed E-state index contributed by atoms with van der Waals surface area (Å²) >= 11 is 0. The molecule has 0 radical (unpaired) electrons. The number of aromatic nitrogens is 1. The largest absolute Gasteiger partial charge is 0.461 e. The summed E-state index contributed by atoms with van der Waals surface area (Å²) in [5, 5.41) is 3.02. The number of nitrogens with zero attached hydrogens (tertiary/aromatic N) is 2. The molecule has 242 valence electrons. The lowest BCUT2D eigenvalue weighted by Gasteiger charge is -2.42. The molecule has 0 saturated carbocycles. The summed E-state index contributed by atoms with van der Waals surface area (Å²) in [5.41, 5.74) is 6.52. The summed E-state index contributed by atoms with van der Waals surface area (Å²) < 4.78 is 12.3. The molecule has 1 aromatic heterocycles. The Morgan fingerprint density at radius 1 is 0.978 bits per heavy atom. The average Bonchev–Trinajstić information content (AvgIpc) is 2.99. The zero-order valence-corrected chi connectivity index (χ0v) is 28.6. The molecule has 1 unspecified atom stereocenters. The number of aryl methyl sites for hydroxylation is 2. The monoisotopic (exact) mass is 613 g/mol. The fourth-order valence-electron chi connectivity index (χ4n) is 6.00. The van der Waals surface area contributed by atoms with Crippen LogP contribution in [0.4, 0.5) is 5.69 Å². The van der Waals surface area contributed by atoms with E-state index in [1.807, 2.05) is 103 Å². The molecule has 45 heavy (non-hydrogen) atoms. The van der Waals surface area contributed by atoms with E-state index in [2.05, 4.69) is 24.1 Å². The number of benzene rings is 2. The number of pyridine rings is 1. The Morgan fingerprint density at radius 2 is 1.60 bits per heavy atom. The van der Waals surface area contributed by atoms with Crippen LogP contribution in [-0.4, -0.2) is 41.7 Å². The van der Waals surface area contributed by atoms with Crippen LogP contribution in [0.3, 0.4) is 0 Å². The average molecular weight is 614 g/mol. The molecule has 1 aliphatic heterocycles. The lowest BCUT2D eigenvalue weighted by molar-refractivity contribution is -0.171. The van der Waals surface area contributed by atoms with E-state index in [-0.39, 0.29) is 17.4 Å². The number of rotatable bonds is 10. The van der Waals surface area contributed by atoms with Crippen molar-refractivity contribution in [1.29, 1.82) is 0 Å². The van der Waals surface area contributed by atoms with E-state index in [4.69, 9.17) is 14.5 Å². The van der Waals surface area contributed by atoms with Crippen LogP contribution in [0.5, 0.6) is 0 Å². The van der Waals surface area contributed by atoms with Crippen molar-refractivity contribution < 1.29 is 19.1 Å². The minimum Gasteiger partial charge on any atom is -0.461 e. The molecule has 0 spiro atoms. The van der Waals surface area contributed by atoms with E-state index in [1.54, 1.807) is 0 Å². The first-order valence-corrected chi connectivity index (χ1v) is 16.3. The molecule has 3 aromatic rings. The maximum absolute atomic E-state index is 13.7. The number of ether oxygens (including phenoxy) is 2. The van der Waals surface area contributed by atoms with E-state index >= 15 is 0 Å². The molecule has 1 amide bonds. The van der Waals surface area contributed by atoms with E-state index < -0.39 is 17.7 Å².